The number of carbonyl (C=O) groups is 1. The number of nitrogens with zero attached hydrogens (tertiary/aromatic N) is 2. The Balaban J connectivity index is 1.51. The first kappa shape index (κ1) is 18.1. The summed E-state index contributed by atoms with van der Waals surface area (Å²) in [4.78, 5) is 12.1. The molecule has 3 aliphatic rings. The van der Waals surface area contributed by atoms with Crippen LogP contribution in [0.4, 0.5) is 0 Å². The van der Waals surface area contributed by atoms with Crippen molar-refractivity contribution >= 4 is 16.1 Å². The van der Waals surface area contributed by atoms with Gasteiger partial charge >= 0.3 is 0 Å². The van der Waals surface area contributed by atoms with E-state index in [0.29, 0.717) is 45.9 Å². The zero-order valence-corrected chi connectivity index (χ0v) is 14.9. The molecule has 8 nitrogen and oxygen atoms in total. The van der Waals surface area contributed by atoms with Gasteiger partial charge in [-0.05, 0) is 38.1 Å². The third kappa shape index (κ3) is 4.26. The summed E-state index contributed by atoms with van der Waals surface area (Å²) in [6, 6.07) is -0.0817. The van der Waals surface area contributed by atoms with Gasteiger partial charge in [0.05, 0.1) is 19.3 Å². The van der Waals surface area contributed by atoms with Crippen molar-refractivity contribution in [3.8, 4) is 0 Å². The topological polar surface area (TPSA) is 91.0 Å². The van der Waals surface area contributed by atoms with Crippen LogP contribution in [0, 0.1) is 5.92 Å². The number of ether oxygens (including phenoxy) is 1. The quantitative estimate of drug-likeness (QED) is 0.666. The van der Waals surface area contributed by atoms with Crippen molar-refractivity contribution < 1.29 is 17.9 Å². The van der Waals surface area contributed by atoms with Crippen molar-refractivity contribution in [1.82, 2.24) is 19.2 Å². The van der Waals surface area contributed by atoms with E-state index in [1.807, 2.05) is 0 Å². The van der Waals surface area contributed by atoms with Gasteiger partial charge in [-0.15, -0.1) is 0 Å². The van der Waals surface area contributed by atoms with Crippen LogP contribution < -0.4 is 10.6 Å². The third-order valence-electron chi connectivity index (χ3n) is 5.05. The lowest BCUT2D eigenvalue weighted by atomic mass is 9.99. The van der Waals surface area contributed by atoms with Crippen LogP contribution >= 0.6 is 0 Å². The molecule has 1 amide bonds. The monoisotopic (exact) mass is 360 g/mol. The molecule has 0 spiro atoms. The van der Waals surface area contributed by atoms with E-state index >= 15 is 0 Å². The van der Waals surface area contributed by atoms with Gasteiger partial charge in [-0.3, -0.25) is 4.79 Å². The first-order chi connectivity index (χ1) is 11.6. The number of hydrogen-bond donors (Lipinski definition) is 2. The summed E-state index contributed by atoms with van der Waals surface area (Å²) < 4.78 is 33.8. The maximum Gasteiger partial charge on any atom is 0.282 e. The summed E-state index contributed by atoms with van der Waals surface area (Å²) in [5.74, 6) is 0.223. The van der Waals surface area contributed by atoms with Gasteiger partial charge in [0.2, 0.25) is 5.91 Å². The minimum Gasteiger partial charge on any atom is -0.379 e. The molecular formula is C15H28N4O4S. The summed E-state index contributed by atoms with van der Waals surface area (Å²) >= 11 is 0. The zero-order valence-electron chi connectivity index (χ0n) is 14.1. The molecule has 0 bridgehead atoms. The van der Waals surface area contributed by atoms with Crippen molar-refractivity contribution in [3.63, 3.8) is 0 Å². The van der Waals surface area contributed by atoms with Crippen molar-refractivity contribution in [1.29, 1.82) is 0 Å². The van der Waals surface area contributed by atoms with E-state index in [1.165, 1.54) is 4.31 Å². The first-order valence-corrected chi connectivity index (χ1v) is 10.3. The zero-order chi connectivity index (χ0) is 17.0. The molecular weight excluding hydrogens is 332 g/mol. The Kier molecular flexibility index (Phi) is 6.09. The van der Waals surface area contributed by atoms with E-state index in [4.69, 9.17) is 4.74 Å². The van der Waals surface area contributed by atoms with E-state index in [9.17, 15) is 13.2 Å². The lowest BCUT2D eigenvalue weighted by Gasteiger charge is -2.36. The maximum absolute atomic E-state index is 12.7. The largest absolute Gasteiger partial charge is 0.379 e. The lowest BCUT2D eigenvalue weighted by molar-refractivity contribution is -0.123. The summed E-state index contributed by atoms with van der Waals surface area (Å²) in [7, 11) is -3.41. The highest BCUT2D eigenvalue weighted by Crippen LogP contribution is 2.21. The Hall–Kier alpha value is -0.740. The maximum atomic E-state index is 12.7. The van der Waals surface area contributed by atoms with Gasteiger partial charge in [0, 0.05) is 32.7 Å². The summed E-state index contributed by atoms with van der Waals surface area (Å²) in [6.07, 6.45) is 3.71. The fraction of sp³-hybridized carbons (Fsp3) is 0.933. The second-order valence-electron chi connectivity index (χ2n) is 6.78. The van der Waals surface area contributed by atoms with Gasteiger partial charge in [0.25, 0.3) is 10.2 Å². The Bertz CT molecular complexity index is 530. The molecule has 3 aliphatic heterocycles. The van der Waals surface area contributed by atoms with Crippen LogP contribution in [-0.4, -0.2) is 81.5 Å². The molecule has 0 aromatic rings. The average Bonchev–Trinajstić information content (AvgIpc) is 3.15. The van der Waals surface area contributed by atoms with E-state index in [0.717, 1.165) is 32.2 Å². The average molecular weight is 360 g/mol. The SMILES string of the molecule is O=C(NCC1CCCN(S(=O)(=O)N2CCOCC2)C1)C1CCCN1. The molecule has 3 heterocycles. The Morgan fingerprint density at radius 2 is 1.92 bits per heavy atom. The molecule has 9 heteroatoms. The van der Waals surface area contributed by atoms with Gasteiger partial charge in [-0.2, -0.15) is 17.0 Å². The minimum absolute atomic E-state index is 0.0423. The first-order valence-electron chi connectivity index (χ1n) is 8.91. The molecule has 2 unspecified atom stereocenters. The van der Waals surface area contributed by atoms with Crippen LogP contribution in [0.3, 0.4) is 0 Å². The molecule has 0 radical (unpaired) electrons. The van der Waals surface area contributed by atoms with E-state index in [-0.39, 0.29) is 17.9 Å². The smallest absolute Gasteiger partial charge is 0.282 e. The number of hydrogen-bond acceptors (Lipinski definition) is 5. The fourth-order valence-electron chi connectivity index (χ4n) is 3.62. The standard InChI is InChI=1S/C15H28N4O4S/c20-15(14-4-1-5-16-14)17-11-13-3-2-6-19(12-13)24(21,22)18-7-9-23-10-8-18/h13-14,16H,1-12H2,(H,17,20). The number of nitrogens with one attached hydrogen (secondary N) is 2. The molecule has 2 atom stereocenters. The molecule has 3 rings (SSSR count). The highest BCUT2D eigenvalue weighted by atomic mass is 32.2. The van der Waals surface area contributed by atoms with Crippen LogP contribution in [0.5, 0.6) is 0 Å². The summed E-state index contributed by atoms with van der Waals surface area (Å²) in [5.41, 5.74) is 0. The molecule has 2 N–H and O–H groups in total. The predicted molar refractivity (Wildman–Crippen MR) is 89.6 cm³/mol. The number of carbonyl (C=O) groups excluding carboxylic acids is 1. The summed E-state index contributed by atoms with van der Waals surface area (Å²) in [6.45, 7) is 4.26. The molecule has 3 saturated heterocycles. The molecule has 24 heavy (non-hydrogen) atoms. The second-order valence-corrected chi connectivity index (χ2v) is 8.71. The van der Waals surface area contributed by atoms with Crippen LogP contribution in [0.2, 0.25) is 0 Å². The molecule has 138 valence electrons. The van der Waals surface area contributed by atoms with Crippen LogP contribution in [-0.2, 0) is 19.7 Å². The minimum atomic E-state index is -3.41. The highest BCUT2D eigenvalue weighted by molar-refractivity contribution is 7.86. The molecule has 3 fully saturated rings. The van der Waals surface area contributed by atoms with Crippen LogP contribution in [0.1, 0.15) is 25.7 Å². The van der Waals surface area contributed by atoms with Gasteiger partial charge in [0.1, 0.15) is 0 Å². The molecule has 0 aromatic heterocycles. The Morgan fingerprint density at radius 1 is 1.12 bits per heavy atom. The highest BCUT2D eigenvalue weighted by Gasteiger charge is 2.34. The predicted octanol–water partition coefficient (Wildman–Crippen LogP) is -0.856. The van der Waals surface area contributed by atoms with Gasteiger partial charge in [0.15, 0.2) is 0 Å². The van der Waals surface area contributed by atoms with Crippen molar-refractivity contribution in [2.75, 3.05) is 52.5 Å². The van der Waals surface area contributed by atoms with E-state index < -0.39 is 10.2 Å². The van der Waals surface area contributed by atoms with E-state index in [1.54, 1.807) is 4.31 Å². The Morgan fingerprint density at radius 3 is 2.62 bits per heavy atom. The van der Waals surface area contributed by atoms with Crippen LogP contribution in [0.25, 0.3) is 0 Å². The Labute approximate surface area is 144 Å². The third-order valence-corrected chi connectivity index (χ3v) is 7.05. The molecule has 0 aromatic carbocycles. The number of morpholine rings is 1. The number of piperidine rings is 1. The molecule has 0 aliphatic carbocycles. The van der Waals surface area contributed by atoms with Crippen molar-refractivity contribution in [3.05, 3.63) is 0 Å². The fourth-order valence-corrected chi connectivity index (χ4v) is 5.32. The van der Waals surface area contributed by atoms with Crippen molar-refractivity contribution in [2.45, 2.75) is 31.7 Å². The lowest BCUT2D eigenvalue weighted by Crippen LogP contribution is -2.52. The molecule has 0 saturated carbocycles. The van der Waals surface area contributed by atoms with Crippen molar-refractivity contribution in [2.24, 2.45) is 5.92 Å². The number of amides is 1. The van der Waals surface area contributed by atoms with Gasteiger partial charge < -0.3 is 15.4 Å². The van der Waals surface area contributed by atoms with E-state index in [2.05, 4.69) is 10.6 Å². The summed E-state index contributed by atoms with van der Waals surface area (Å²) in [5, 5.41) is 6.17. The number of rotatable bonds is 5. The second kappa shape index (κ2) is 8.09. The van der Waals surface area contributed by atoms with Gasteiger partial charge in [-0.1, -0.05) is 0 Å². The van der Waals surface area contributed by atoms with Crippen LogP contribution in [0.15, 0.2) is 0 Å². The van der Waals surface area contributed by atoms with Gasteiger partial charge in [-0.25, -0.2) is 0 Å². The normalized spacial score (nSPS) is 30.3.